The fourth-order valence-corrected chi connectivity index (χ4v) is 4.22. The van der Waals surface area contributed by atoms with Gasteiger partial charge in [0.05, 0.1) is 6.54 Å². The van der Waals surface area contributed by atoms with Crippen LogP contribution in [0.4, 0.5) is 0 Å². The summed E-state index contributed by atoms with van der Waals surface area (Å²) in [7, 11) is 0. The van der Waals surface area contributed by atoms with Gasteiger partial charge in [-0.3, -0.25) is 0 Å². The molecule has 2 aromatic carbocycles. The topological polar surface area (TPSA) is 8.81 Å². The minimum atomic E-state index is 1.09. The predicted molar refractivity (Wildman–Crippen MR) is 94.4 cm³/mol. The van der Waals surface area contributed by atoms with Crippen LogP contribution in [0.2, 0.25) is 0 Å². The maximum absolute atomic E-state index is 3.52. The van der Waals surface area contributed by atoms with Gasteiger partial charge in [-0.25, -0.2) is 4.57 Å². The average Bonchev–Trinajstić information content (AvgIpc) is 2.96. The van der Waals surface area contributed by atoms with Crippen molar-refractivity contribution in [2.45, 2.75) is 18.1 Å². The van der Waals surface area contributed by atoms with E-state index in [-0.39, 0.29) is 0 Å². The Morgan fingerprint density at radius 2 is 1.77 bits per heavy atom. The Hall–Kier alpha value is -1.52. The molecule has 1 aliphatic rings. The maximum Gasteiger partial charge on any atom is 0.323 e. The van der Waals surface area contributed by atoms with Crippen molar-refractivity contribution in [2.75, 3.05) is 5.75 Å². The van der Waals surface area contributed by atoms with Crippen LogP contribution in [0.3, 0.4) is 0 Å². The highest BCUT2D eigenvalue weighted by Gasteiger charge is 2.28. The van der Waals surface area contributed by atoms with Crippen molar-refractivity contribution in [3.63, 3.8) is 0 Å². The molecular formula is C18H16BrN2S+. The zero-order valence-electron chi connectivity index (χ0n) is 12.1. The van der Waals surface area contributed by atoms with Gasteiger partial charge < -0.3 is 0 Å². The van der Waals surface area contributed by atoms with Crippen LogP contribution in [-0.4, -0.2) is 10.3 Å². The summed E-state index contributed by atoms with van der Waals surface area (Å²) >= 11 is 5.46. The number of fused-ring (bicyclic) bond motifs is 1. The molecule has 0 saturated heterocycles. The fourth-order valence-electron chi connectivity index (χ4n) is 2.85. The first kappa shape index (κ1) is 14.1. The summed E-state index contributed by atoms with van der Waals surface area (Å²) in [6.45, 7) is 1.09. The Kier molecular flexibility index (Phi) is 3.80. The molecule has 0 atom stereocenters. The molecule has 0 radical (unpaired) electrons. The third-order valence-electron chi connectivity index (χ3n) is 3.91. The van der Waals surface area contributed by atoms with Crippen molar-refractivity contribution in [1.82, 2.24) is 4.57 Å². The third-order valence-corrected chi connectivity index (χ3v) is 5.61. The summed E-state index contributed by atoms with van der Waals surface area (Å²) in [5.74, 6) is 1.19. The molecule has 0 fully saturated rings. The minimum absolute atomic E-state index is 1.09. The number of imidazole rings is 1. The minimum Gasteiger partial charge on any atom is -0.217 e. The van der Waals surface area contributed by atoms with E-state index in [1.165, 1.54) is 34.3 Å². The number of benzene rings is 2. The van der Waals surface area contributed by atoms with E-state index in [1.54, 1.807) is 0 Å². The van der Waals surface area contributed by atoms with Crippen LogP contribution in [0.5, 0.6) is 0 Å². The van der Waals surface area contributed by atoms with Gasteiger partial charge in [-0.2, -0.15) is 4.57 Å². The number of thioether (sulfide) groups is 1. The molecule has 1 aliphatic heterocycles. The molecule has 0 unspecified atom stereocenters. The molecule has 0 spiro atoms. The predicted octanol–water partition coefficient (Wildman–Crippen LogP) is 4.69. The smallest absolute Gasteiger partial charge is 0.217 e. The first-order chi connectivity index (χ1) is 10.8. The second kappa shape index (κ2) is 5.94. The molecule has 0 bridgehead atoms. The quantitative estimate of drug-likeness (QED) is 0.593. The summed E-state index contributed by atoms with van der Waals surface area (Å²) in [5, 5.41) is 1.33. The van der Waals surface area contributed by atoms with Crippen LogP contribution < -0.4 is 4.57 Å². The molecule has 3 aromatic rings. The first-order valence-electron chi connectivity index (χ1n) is 7.42. The second-order valence-corrected chi connectivity index (χ2v) is 7.34. The van der Waals surface area contributed by atoms with E-state index < -0.39 is 0 Å². The van der Waals surface area contributed by atoms with Crippen molar-refractivity contribution in [2.24, 2.45) is 0 Å². The molecule has 22 heavy (non-hydrogen) atoms. The standard InChI is InChI=1S/C18H16BrN2S/c19-15-9-7-14(8-10-15)17-13-21(16-5-2-1-3-6-16)18-20(17)11-4-12-22-18/h1-3,5-10,13H,4,11-12H2/q+1. The highest BCUT2D eigenvalue weighted by Crippen LogP contribution is 2.29. The Morgan fingerprint density at radius 1 is 1.00 bits per heavy atom. The largest absolute Gasteiger partial charge is 0.323 e. The highest BCUT2D eigenvalue weighted by atomic mass is 79.9. The Morgan fingerprint density at radius 3 is 2.55 bits per heavy atom. The van der Waals surface area contributed by atoms with Crippen molar-refractivity contribution >= 4 is 27.7 Å². The lowest BCUT2D eigenvalue weighted by molar-refractivity contribution is -0.724. The Balaban J connectivity index is 1.89. The van der Waals surface area contributed by atoms with Crippen molar-refractivity contribution in [1.29, 1.82) is 0 Å². The van der Waals surface area contributed by atoms with Gasteiger partial charge in [-0.05, 0) is 54.6 Å². The van der Waals surface area contributed by atoms with Crippen LogP contribution in [0.1, 0.15) is 6.42 Å². The lowest BCUT2D eigenvalue weighted by atomic mass is 10.1. The molecule has 0 N–H and O–H groups in total. The summed E-state index contributed by atoms with van der Waals surface area (Å²) in [4.78, 5) is 0. The average molecular weight is 372 g/mol. The number of halogens is 1. The van der Waals surface area contributed by atoms with Gasteiger partial charge in [0.2, 0.25) is 0 Å². The van der Waals surface area contributed by atoms with E-state index in [0.29, 0.717) is 0 Å². The molecular weight excluding hydrogens is 356 g/mol. The monoisotopic (exact) mass is 371 g/mol. The molecule has 4 rings (SSSR count). The number of para-hydroxylation sites is 1. The van der Waals surface area contributed by atoms with Gasteiger partial charge in [-0.1, -0.05) is 34.1 Å². The molecule has 0 saturated carbocycles. The maximum atomic E-state index is 3.52. The first-order valence-corrected chi connectivity index (χ1v) is 9.20. The molecule has 0 aliphatic carbocycles. The zero-order valence-corrected chi connectivity index (χ0v) is 14.5. The molecule has 2 heterocycles. The summed E-state index contributed by atoms with van der Waals surface area (Å²) < 4.78 is 5.89. The van der Waals surface area contributed by atoms with Crippen molar-refractivity contribution in [3.8, 4) is 16.9 Å². The fraction of sp³-hybridized carbons (Fsp3) is 0.167. The number of aromatic nitrogens is 2. The Labute approximate surface area is 142 Å². The second-order valence-electron chi connectivity index (χ2n) is 5.36. The molecule has 110 valence electrons. The van der Waals surface area contributed by atoms with Crippen LogP contribution in [0.25, 0.3) is 16.9 Å². The Bertz CT molecular complexity index is 794. The van der Waals surface area contributed by atoms with Crippen molar-refractivity contribution in [3.05, 3.63) is 65.3 Å². The van der Waals surface area contributed by atoms with Crippen LogP contribution >= 0.6 is 27.7 Å². The molecule has 1 aromatic heterocycles. The van der Waals surface area contributed by atoms with E-state index in [2.05, 4.69) is 85.9 Å². The summed E-state index contributed by atoms with van der Waals surface area (Å²) in [6.07, 6.45) is 3.50. The third kappa shape index (κ3) is 2.50. The van der Waals surface area contributed by atoms with Crippen LogP contribution in [0.15, 0.2) is 70.4 Å². The zero-order chi connectivity index (χ0) is 14.9. The summed E-state index contributed by atoms with van der Waals surface area (Å²) in [5.41, 5.74) is 3.78. The van der Waals surface area contributed by atoms with E-state index in [9.17, 15) is 0 Å². The molecule has 2 nitrogen and oxygen atoms in total. The van der Waals surface area contributed by atoms with E-state index in [4.69, 9.17) is 0 Å². The molecule has 0 amide bonds. The normalized spacial score (nSPS) is 13.9. The lowest BCUT2D eigenvalue weighted by Crippen LogP contribution is -2.40. The van der Waals surface area contributed by atoms with Crippen LogP contribution in [-0.2, 0) is 6.54 Å². The summed E-state index contributed by atoms with van der Waals surface area (Å²) in [6, 6.07) is 19.2. The van der Waals surface area contributed by atoms with E-state index in [1.807, 2.05) is 11.8 Å². The van der Waals surface area contributed by atoms with Gasteiger partial charge in [0.25, 0.3) is 0 Å². The van der Waals surface area contributed by atoms with Crippen molar-refractivity contribution < 1.29 is 4.57 Å². The van der Waals surface area contributed by atoms with Gasteiger partial charge in [0, 0.05) is 15.8 Å². The highest BCUT2D eigenvalue weighted by molar-refractivity contribution is 9.10. The van der Waals surface area contributed by atoms with Gasteiger partial charge in [0.1, 0.15) is 11.9 Å². The van der Waals surface area contributed by atoms with Gasteiger partial charge >= 0.3 is 5.16 Å². The van der Waals surface area contributed by atoms with Crippen LogP contribution in [0, 0.1) is 0 Å². The number of rotatable bonds is 2. The molecule has 4 heteroatoms. The number of nitrogens with zero attached hydrogens (tertiary/aromatic N) is 2. The SMILES string of the molecule is Brc1ccc(-c2cn(-c3ccccc3)c3[n+]2CCCS3)cc1. The van der Waals surface area contributed by atoms with Gasteiger partial charge in [-0.15, -0.1) is 0 Å². The number of hydrogen-bond acceptors (Lipinski definition) is 1. The van der Waals surface area contributed by atoms with E-state index in [0.717, 1.165) is 11.0 Å². The van der Waals surface area contributed by atoms with E-state index >= 15 is 0 Å². The van der Waals surface area contributed by atoms with Gasteiger partial charge in [0.15, 0.2) is 5.69 Å². The number of hydrogen-bond donors (Lipinski definition) is 0. The lowest BCUT2D eigenvalue weighted by Gasteiger charge is -2.10.